The van der Waals surface area contributed by atoms with Gasteiger partial charge in [-0.15, -0.1) is 0 Å². The first-order chi connectivity index (χ1) is 10.5. The van der Waals surface area contributed by atoms with Crippen LogP contribution >= 0.6 is 0 Å². The summed E-state index contributed by atoms with van der Waals surface area (Å²) in [6.45, 7) is 2.25. The summed E-state index contributed by atoms with van der Waals surface area (Å²) in [5.41, 5.74) is 0. The molecule has 0 amide bonds. The van der Waals surface area contributed by atoms with E-state index in [2.05, 4.69) is 10.3 Å². The van der Waals surface area contributed by atoms with Crippen LogP contribution in [0, 0.1) is 10.1 Å². The molecule has 1 aromatic carbocycles. The maximum absolute atomic E-state index is 10.9. The van der Waals surface area contributed by atoms with Crippen molar-refractivity contribution in [3.63, 3.8) is 0 Å². The van der Waals surface area contributed by atoms with Crippen LogP contribution in [0.4, 0.5) is 11.6 Å². The Balaban J connectivity index is 2.00. The van der Waals surface area contributed by atoms with Crippen molar-refractivity contribution >= 4 is 11.6 Å². The number of nitrogens with one attached hydrogen (secondary N) is 1. The third kappa shape index (κ3) is 3.46. The highest BCUT2D eigenvalue weighted by atomic mass is 16.6. The molecule has 2 rings (SSSR count). The van der Waals surface area contributed by atoms with E-state index in [1.165, 1.54) is 6.33 Å². The lowest BCUT2D eigenvalue weighted by molar-refractivity contribution is -0.388. The molecule has 8 nitrogen and oxygen atoms in total. The van der Waals surface area contributed by atoms with Gasteiger partial charge in [-0.05, 0) is 29.0 Å². The van der Waals surface area contributed by atoms with Gasteiger partial charge in [0.1, 0.15) is 6.10 Å². The number of aryl methyl sites for hydroxylation is 1. The van der Waals surface area contributed by atoms with Crippen LogP contribution in [0.15, 0.2) is 30.6 Å². The predicted octanol–water partition coefficient (Wildman–Crippen LogP) is 2.22. The molecule has 0 aliphatic heterocycles. The average Bonchev–Trinajstić information content (AvgIpc) is 2.87. The first-order valence-electron chi connectivity index (χ1n) is 6.72. The number of hydrogen-bond acceptors (Lipinski definition) is 6. The van der Waals surface area contributed by atoms with Gasteiger partial charge in [0.2, 0.25) is 12.1 Å². The minimum atomic E-state index is -0.520. The third-order valence-electron chi connectivity index (χ3n) is 3.04. The predicted molar refractivity (Wildman–Crippen MR) is 81.4 cm³/mol. The standard InChI is InChI=1S/C14H18N4O4/c1-10(22-12-7-5-4-6-11(12)21-3)8-15-13-14(18(19)20)16-9-17(13)2/h4-7,9-10,15H,8H2,1-3H3/t10-/m0/s1. The van der Waals surface area contributed by atoms with Crippen molar-refractivity contribution in [1.82, 2.24) is 9.55 Å². The van der Waals surface area contributed by atoms with E-state index >= 15 is 0 Å². The summed E-state index contributed by atoms with van der Waals surface area (Å²) >= 11 is 0. The molecule has 0 fully saturated rings. The molecular formula is C14H18N4O4. The van der Waals surface area contributed by atoms with E-state index in [9.17, 15) is 10.1 Å². The average molecular weight is 306 g/mol. The fourth-order valence-electron chi connectivity index (χ4n) is 1.97. The number of imidazole rings is 1. The van der Waals surface area contributed by atoms with Crippen molar-refractivity contribution in [1.29, 1.82) is 0 Å². The van der Waals surface area contributed by atoms with Crippen molar-refractivity contribution in [3.8, 4) is 11.5 Å². The van der Waals surface area contributed by atoms with Gasteiger partial charge in [0.25, 0.3) is 0 Å². The quantitative estimate of drug-likeness (QED) is 0.623. The summed E-state index contributed by atoms with van der Waals surface area (Å²) in [5.74, 6) is 1.41. The summed E-state index contributed by atoms with van der Waals surface area (Å²) in [6, 6.07) is 7.32. The Kier molecular flexibility index (Phi) is 4.82. The van der Waals surface area contributed by atoms with Crippen LogP contribution in [0.3, 0.4) is 0 Å². The lowest BCUT2D eigenvalue weighted by Crippen LogP contribution is -2.24. The van der Waals surface area contributed by atoms with Gasteiger partial charge >= 0.3 is 5.82 Å². The smallest absolute Gasteiger partial charge is 0.406 e. The molecule has 1 N–H and O–H groups in total. The number of anilines is 1. The van der Waals surface area contributed by atoms with Crippen molar-refractivity contribution in [3.05, 3.63) is 40.7 Å². The normalized spacial score (nSPS) is 11.8. The zero-order valence-electron chi connectivity index (χ0n) is 12.6. The van der Waals surface area contributed by atoms with Crippen LogP contribution in [0.5, 0.6) is 11.5 Å². The highest BCUT2D eigenvalue weighted by Gasteiger charge is 2.20. The Morgan fingerprint density at radius 2 is 2.09 bits per heavy atom. The molecule has 22 heavy (non-hydrogen) atoms. The Hall–Kier alpha value is -2.77. The van der Waals surface area contributed by atoms with E-state index in [0.717, 1.165) is 0 Å². The molecule has 1 atom stereocenters. The zero-order chi connectivity index (χ0) is 16.1. The van der Waals surface area contributed by atoms with Gasteiger partial charge in [0.05, 0.1) is 13.7 Å². The number of rotatable bonds is 7. The maximum atomic E-state index is 10.9. The molecule has 0 unspecified atom stereocenters. The number of ether oxygens (including phenoxy) is 2. The van der Waals surface area contributed by atoms with Crippen LogP contribution in [-0.2, 0) is 7.05 Å². The maximum Gasteiger partial charge on any atom is 0.406 e. The Labute approximate surface area is 127 Å². The van der Waals surface area contributed by atoms with E-state index in [0.29, 0.717) is 23.9 Å². The van der Waals surface area contributed by atoms with Gasteiger partial charge in [-0.1, -0.05) is 12.1 Å². The second kappa shape index (κ2) is 6.79. The third-order valence-corrected chi connectivity index (χ3v) is 3.04. The number of aromatic nitrogens is 2. The summed E-state index contributed by atoms with van der Waals surface area (Å²) < 4.78 is 12.6. The van der Waals surface area contributed by atoms with Crippen LogP contribution in [0.1, 0.15) is 6.92 Å². The number of para-hydroxylation sites is 2. The molecule has 1 aromatic heterocycles. The number of nitrogens with zero attached hydrogens (tertiary/aromatic N) is 3. The Morgan fingerprint density at radius 3 is 2.73 bits per heavy atom. The summed E-state index contributed by atoms with van der Waals surface area (Å²) in [7, 11) is 3.26. The lowest BCUT2D eigenvalue weighted by Gasteiger charge is -2.17. The van der Waals surface area contributed by atoms with Gasteiger partial charge in [-0.2, -0.15) is 0 Å². The highest BCUT2D eigenvalue weighted by Crippen LogP contribution is 2.27. The minimum Gasteiger partial charge on any atom is -0.493 e. The van der Waals surface area contributed by atoms with Crippen LogP contribution < -0.4 is 14.8 Å². The molecule has 118 valence electrons. The Morgan fingerprint density at radius 1 is 1.41 bits per heavy atom. The second-order valence-electron chi connectivity index (χ2n) is 4.75. The molecule has 8 heteroatoms. The van der Waals surface area contributed by atoms with Gasteiger partial charge in [-0.25, -0.2) is 0 Å². The fourth-order valence-corrected chi connectivity index (χ4v) is 1.97. The van der Waals surface area contributed by atoms with Crippen molar-refractivity contribution in [2.75, 3.05) is 19.0 Å². The molecule has 1 heterocycles. The SMILES string of the molecule is COc1ccccc1O[C@@H](C)CNc1c([N+](=O)[O-])ncn1C. The summed E-state index contributed by atoms with van der Waals surface area (Å²) in [5, 5.41) is 13.9. The van der Waals surface area contributed by atoms with Crippen molar-refractivity contribution in [2.24, 2.45) is 7.05 Å². The first-order valence-corrected chi connectivity index (χ1v) is 6.72. The highest BCUT2D eigenvalue weighted by molar-refractivity contribution is 5.52. The molecule has 0 saturated carbocycles. The van der Waals surface area contributed by atoms with Crippen LogP contribution in [0.2, 0.25) is 0 Å². The molecule has 0 spiro atoms. The van der Waals surface area contributed by atoms with Gasteiger partial charge in [0, 0.05) is 7.05 Å². The summed E-state index contributed by atoms with van der Waals surface area (Å²) in [4.78, 5) is 14.1. The molecule has 0 aliphatic rings. The molecule has 0 aliphatic carbocycles. The monoisotopic (exact) mass is 306 g/mol. The van der Waals surface area contributed by atoms with E-state index in [4.69, 9.17) is 9.47 Å². The second-order valence-corrected chi connectivity index (χ2v) is 4.75. The minimum absolute atomic E-state index is 0.202. The number of nitro groups is 1. The Bertz CT molecular complexity index is 656. The van der Waals surface area contributed by atoms with Crippen LogP contribution in [0.25, 0.3) is 0 Å². The van der Waals surface area contributed by atoms with Gasteiger partial charge in [-0.3, -0.25) is 4.57 Å². The number of methoxy groups -OCH3 is 1. The molecule has 2 aromatic rings. The topological polar surface area (TPSA) is 91.4 Å². The molecular weight excluding hydrogens is 288 g/mol. The van der Waals surface area contributed by atoms with Gasteiger partial charge in [0.15, 0.2) is 11.5 Å². The molecule has 0 radical (unpaired) electrons. The zero-order valence-corrected chi connectivity index (χ0v) is 12.6. The first kappa shape index (κ1) is 15.6. The van der Waals surface area contributed by atoms with Crippen molar-refractivity contribution in [2.45, 2.75) is 13.0 Å². The fraction of sp³-hybridized carbons (Fsp3) is 0.357. The largest absolute Gasteiger partial charge is 0.493 e. The molecule has 0 bridgehead atoms. The summed E-state index contributed by atoms with van der Waals surface area (Å²) in [6.07, 6.45) is 1.18. The van der Waals surface area contributed by atoms with E-state index in [1.807, 2.05) is 25.1 Å². The van der Waals surface area contributed by atoms with Gasteiger partial charge < -0.3 is 24.9 Å². The van der Waals surface area contributed by atoms with Crippen LogP contribution in [-0.4, -0.2) is 34.2 Å². The number of benzene rings is 1. The van der Waals surface area contributed by atoms with E-state index in [1.54, 1.807) is 24.8 Å². The lowest BCUT2D eigenvalue weighted by atomic mass is 10.3. The van der Waals surface area contributed by atoms with E-state index < -0.39 is 4.92 Å². The van der Waals surface area contributed by atoms with E-state index in [-0.39, 0.29) is 11.9 Å². The van der Waals surface area contributed by atoms with Crippen molar-refractivity contribution < 1.29 is 14.4 Å². The molecule has 0 saturated heterocycles. The number of hydrogen-bond donors (Lipinski definition) is 1.